The third-order valence-electron chi connectivity index (χ3n) is 4.00. The minimum Gasteiger partial charge on any atom is -0.352 e. The summed E-state index contributed by atoms with van der Waals surface area (Å²) in [4.78, 5) is 29.7. The molecule has 0 radical (unpaired) electrons. The van der Waals surface area contributed by atoms with Crippen LogP contribution in [0.5, 0.6) is 0 Å². The minimum absolute atomic E-state index is 0.0239. The van der Waals surface area contributed by atoms with E-state index in [2.05, 4.69) is 15.5 Å². The van der Waals surface area contributed by atoms with Crippen molar-refractivity contribution in [2.75, 3.05) is 0 Å². The molecule has 0 spiro atoms. The average molecular weight is 375 g/mol. The number of hydrogen-bond acceptors (Lipinski definition) is 5. The number of carbonyl (C=O) groups is 1. The van der Waals surface area contributed by atoms with Crippen molar-refractivity contribution in [2.24, 2.45) is 0 Å². The maximum Gasteiger partial charge on any atom is 0.267 e. The molecule has 0 aliphatic carbocycles. The molecule has 2 heterocycles. The van der Waals surface area contributed by atoms with Gasteiger partial charge in [0, 0.05) is 16.6 Å². The summed E-state index contributed by atoms with van der Waals surface area (Å²) < 4.78 is 6.53. The lowest BCUT2D eigenvalue weighted by atomic mass is 10.1. The Balaban J connectivity index is 2.13. The third-order valence-corrected chi connectivity index (χ3v) is 4.25. The van der Waals surface area contributed by atoms with Crippen LogP contribution in [0.3, 0.4) is 0 Å². The molecule has 2 aromatic heterocycles. The average Bonchev–Trinajstić information content (AvgIpc) is 3.02. The van der Waals surface area contributed by atoms with Crippen molar-refractivity contribution in [1.82, 2.24) is 20.0 Å². The van der Waals surface area contributed by atoms with Crippen molar-refractivity contribution in [1.29, 1.82) is 0 Å². The first-order valence-corrected chi connectivity index (χ1v) is 8.73. The Labute approximate surface area is 155 Å². The van der Waals surface area contributed by atoms with Crippen LogP contribution >= 0.6 is 11.6 Å². The monoisotopic (exact) mass is 374 g/mol. The largest absolute Gasteiger partial charge is 0.352 e. The van der Waals surface area contributed by atoms with E-state index in [1.165, 1.54) is 10.9 Å². The van der Waals surface area contributed by atoms with Gasteiger partial charge in [0.2, 0.25) is 5.91 Å². The molecule has 136 valence electrons. The van der Waals surface area contributed by atoms with E-state index in [9.17, 15) is 9.59 Å². The van der Waals surface area contributed by atoms with Crippen LogP contribution in [0.1, 0.15) is 33.2 Å². The fourth-order valence-electron chi connectivity index (χ4n) is 2.77. The lowest BCUT2D eigenvalue weighted by Gasteiger charge is -2.18. The van der Waals surface area contributed by atoms with Gasteiger partial charge in [0.1, 0.15) is 23.4 Å². The quantitative estimate of drug-likeness (QED) is 0.740. The van der Waals surface area contributed by atoms with Gasteiger partial charge in [0.15, 0.2) is 0 Å². The maximum atomic E-state index is 13.1. The first-order chi connectivity index (χ1) is 12.4. The van der Waals surface area contributed by atoms with Crippen molar-refractivity contribution in [3.8, 4) is 11.3 Å². The number of rotatable bonds is 5. The van der Waals surface area contributed by atoms with E-state index in [0.29, 0.717) is 22.7 Å². The highest BCUT2D eigenvalue weighted by molar-refractivity contribution is 6.30. The van der Waals surface area contributed by atoms with Crippen molar-refractivity contribution in [3.63, 3.8) is 0 Å². The van der Waals surface area contributed by atoms with Gasteiger partial charge in [-0.05, 0) is 32.4 Å². The zero-order valence-electron chi connectivity index (χ0n) is 14.7. The molecule has 0 aliphatic rings. The van der Waals surface area contributed by atoms with Gasteiger partial charge in [-0.25, -0.2) is 4.98 Å². The number of fused-ring (bicyclic) bond motifs is 1. The standard InChI is InChI=1S/C18H19ClN4O3/c1-4-13(16(24)21-10(2)3)23-9-20-17-14(18(23)25)15(22-26-17)11-5-7-12(19)8-6-11/h5-10,13H,4H2,1-3H3,(H,21,24)/t13-/m0/s1. The molecular weight excluding hydrogens is 356 g/mol. The molecule has 1 N–H and O–H groups in total. The molecule has 3 rings (SSSR count). The summed E-state index contributed by atoms with van der Waals surface area (Å²) in [7, 11) is 0. The van der Waals surface area contributed by atoms with E-state index in [1.54, 1.807) is 24.3 Å². The van der Waals surface area contributed by atoms with Crippen LogP contribution in [0.2, 0.25) is 5.02 Å². The van der Waals surface area contributed by atoms with Gasteiger partial charge in [-0.2, -0.15) is 0 Å². The lowest BCUT2D eigenvalue weighted by Crippen LogP contribution is -2.40. The van der Waals surface area contributed by atoms with Crippen LogP contribution in [0.25, 0.3) is 22.4 Å². The molecule has 0 saturated heterocycles. The van der Waals surface area contributed by atoms with Crippen molar-refractivity contribution < 1.29 is 9.32 Å². The molecule has 1 atom stereocenters. The Bertz CT molecular complexity index is 992. The summed E-state index contributed by atoms with van der Waals surface area (Å²) in [6, 6.07) is 6.23. The number of amides is 1. The van der Waals surface area contributed by atoms with Gasteiger partial charge < -0.3 is 9.84 Å². The number of benzene rings is 1. The summed E-state index contributed by atoms with van der Waals surface area (Å²) >= 11 is 5.92. The number of halogens is 1. The molecule has 0 saturated carbocycles. The van der Waals surface area contributed by atoms with Gasteiger partial charge >= 0.3 is 0 Å². The Hall–Kier alpha value is -2.67. The summed E-state index contributed by atoms with van der Waals surface area (Å²) in [5, 5.41) is 7.63. The van der Waals surface area contributed by atoms with Crippen molar-refractivity contribution >= 4 is 28.6 Å². The Morgan fingerprint density at radius 2 is 2.00 bits per heavy atom. The Morgan fingerprint density at radius 1 is 1.31 bits per heavy atom. The number of nitrogens with one attached hydrogen (secondary N) is 1. The van der Waals surface area contributed by atoms with Gasteiger partial charge in [0.05, 0.1) is 0 Å². The SMILES string of the molecule is CC[C@@H](C(=O)NC(C)C)n1cnc2onc(-c3ccc(Cl)cc3)c2c1=O. The number of nitrogens with zero attached hydrogens (tertiary/aromatic N) is 3. The predicted molar refractivity (Wildman–Crippen MR) is 99.1 cm³/mol. The smallest absolute Gasteiger partial charge is 0.267 e. The molecule has 0 aliphatic heterocycles. The summed E-state index contributed by atoms with van der Waals surface area (Å²) in [6.07, 6.45) is 1.78. The molecule has 0 bridgehead atoms. The van der Waals surface area contributed by atoms with Crippen molar-refractivity contribution in [3.05, 3.63) is 46.0 Å². The van der Waals surface area contributed by atoms with Crippen molar-refractivity contribution in [2.45, 2.75) is 39.3 Å². The molecule has 7 nitrogen and oxygen atoms in total. The summed E-state index contributed by atoms with van der Waals surface area (Å²) in [5.41, 5.74) is 0.828. The van der Waals surface area contributed by atoms with Crippen LogP contribution in [-0.2, 0) is 4.79 Å². The van der Waals surface area contributed by atoms with Gasteiger partial charge in [0.25, 0.3) is 11.3 Å². The highest BCUT2D eigenvalue weighted by Crippen LogP contribution is 2.26. The normalized spacial score (nSPS) is 12.5. The Morgan fingerprint density at radius 3 is 2.62 bits per heavy atom. The van der Waals surface area contributed by atoms with Crippen LogP contribution < -0.4 is 10.9 Å². The first kappa shape index (κ1) is 18.1. The zero-order chi connectivity index (χ0) is 18.8. The van der Waals surface area contributed by atoms with Gasteiger partial charge in [-0.1, -0.05) is 35.8 Å². The fourth-order valence-corrected chi connectivity index (χ4v) is 2.90. The van der Waals surface area contributed by atoms with E-state index < -0.39 is 6.04 Å². The van der Waals surface area contributed by atoms with Crippen LogP contribution in [0.15, 0.2) is 39.9 Å². The van der Waals surface area contributed by atoms with E-state index in [-0.39, 0.29) is 28.6 Å². The molecule has 26 heavy (non-hydrogen) atoms. The molecule has 3 aromatic rings. The molecule has 0 fully saturated rings. The number of carbonyl (C=O) groups excluding carboxylic acids is 1. The summed E-state index contributed by atoms with van der Waals surface area (Å²) in [5.74, 6) is -0.227. The zero-order valence-corrected chi connectivity index (χ0v) is 15.4. The minimum atomic E-state index is -0.658. The van der Waals surface area contributed by atoms with Crippen LogP contribution in [0.4, 0.5) is 0 Å². The first-order valence-electron chi connectivity index (χ1n) is 8.35. The Kier molecular flexibility index (Phi) is 5.08. The maximum absolute atomic E-state index is 13.1. The molecule has 0 unspecified atom stereocenters. The lowest BCUT2D eigenvalue weighted by molar-refractivity contribution is -0.125. The van der Waals surface area contributed by atoms with Crippen LogP contribution in [0, 0.1) is 0 Å². The summed E-state index contributed by atoms with van der Waals surface area (Å²) in [6.45, 7) is 5.58. The predicted octanol–water partition coefficient (Wildman–Crippen LogP) is 3.18. The van der Waals surface area contributed by atoms with Crippen LogP contribution in [-0.4, -0.2) is 26.7 Å². The van der Waals surface area contributed by atoms with Gasteiger partial charge in [-0.15, -0.1) is 0 Å². The van der Waals surface area contributed by atoms with E-state index in [1.807, 2.05) is 20.8 Å². The fraction of sp³-hybridized carbons (Fsp3) is 0.333. The number of hydrogen-bond donors (Lipinski definition) is 1. The third kappa shape index (κ3) is 3.35. The highest BCUT2D eigenvalue weighted by Gasteiger charge is 2.24. The topological polar surface area (TPSA) is 90.0 Å². The molecule has 1 amide bonds. The molecule has 8 heteroatoms. The van der Waals surface area contributed by atoms with E-state index in [0.717, 1.165) is 0 Å². The van der Waals surface area contributed by atoms with E-state index >= 15 is 0 Å². The molecule has 1 aromatic carbocycles. The molecular formula is C18H19ClN4O3. The second kappa shape index (κ2) is 7.29. The highest BCUT2D eigenvalue weighted by atomic mass is 35.5. The second-order valence-electron chi connectivity index (χ2n) is 6.26. The number of aromatic nitrogens is 3. The van der Waals surface area contributed by atoms with E-state index in [4.69, 9.17) is 16.1 Å². The van der Waals surface area contributed by atoms with Gasteiger partial charge in [-0.3, -0.25) is 14.2 Å². The second-order valence-corrected chi connectivity index (χ2v) is 6.70.